The number of nitrogens with zero attached hydrogens (tertiary/aromatic N) is 4. The van der Waals surface area contributed by atoms with E-state index in [4.69, 9.17) is 23.2 Å². The van der Waals surface area contributed by atoms with Crippen molar-refractivity contribution in [3.63, 3.8) is 0 Å². The number of aliphatic hydroxyl groups is 1. The molecule has 0 saturated carbocycles. The lowest BCUT2D eigenvalue weighted by atomic mass is 10.1. The summed E-state index contributed by atoms with van der Waals surface area (Å²) in [7, 11) is 1.89. The molecule has 1 aromatic carbocycles. The molecule has 2 aromatic rings. The van der Waals surface area contributed by atoms with E-state index in [1.807, 2.05) is 25.2 Å². The minimum atomic E-state index is -0.238. The first kappa shape index (κ1) is 16.7. The highest BCUT2D eigenvalue weighted by Gasteiger charge is 2.20. The molecule has 23 heavy (non-hydrogen) atoms. The zero-order valence-electron chi connectivity index (χ0n) is 13.0. The van der Waals surface area contributed by atoms with Gasteiger partial charge >= 0.3 is 0 Å². The molecule has 0 radical (unpaired) electrons. The van der Waals surface area contributed by atoms with Crippen molar-refractivity contribution < 1.29 is 5.11 Å². The third-order valence-electron chi connectivity index (χ3n) is 4.14. The molecule has 124 valence electrons. The maximum Gasteiger partial charge on any atom is 0.155 e. The van der Waals surface area contributed by atoms with E-state index in [0.717, 1.165) is 30.8 Å². The van der Waals surface area contributed by atoms with E-state index in [2.05, 4.69) is 15.0 Å². The Bertz CT molecular complexity index is 668. The molecule has 1 fully saturated rings. The van der Waals surface area contributed by atoms with E-state index in [0.29, 0.717) is 35.4 Å². The second kappa shape index (κ2) is 7.18. The van der Waals surface area contributed by atoms with Crippen molar-refractivity contribution in [2.75, 3.05) is 13.1 Å². The molecule has 0 aliphatic carbocycles. The third-order valence-corrected chi connectivity index (χ3v) is 4.85. The van der Waals surface area contributed by atoms with Gasteiger partial charge in [0.15, 0.2) is 5.82 Å². The third kappa shape index (κ3) is 4.04. The molecule has 3 rings (SSSR count). The fraction of sp³-hybridized carbons (Fsp3) is 0.500. The number of hydrogen-bond donors (Lipinski definition) is 1. The SMILES string of the molecule is Cn1nc(Cc2c(Cl)cccc2Cl)nc1CN1CCCC(O)C1. The summed E-state index contributed by atoms with van der Waals surface area (Å²) in [4.78, 5) is 6.83. The van der Waals surface area contributed by atoms with E-state index in [9.17, 15) is 5.11 Å². The number of piperidine rings is 1. The summed E-state index contributed by atoms with van der Waals surface area (Å²) in [5.41, 5.74) is 0.848. The highest BCUT2D eigenvalue weighted by atomic mass is 35.5. The molecule has 1 N–H and O–H groups in total. The van der Waals surface area contributed by atoms with Gasteiger partial charge in [0.05, 0.1) is 12.6 Å². The van der Waals surface area contributed by atoms with E-state index < -0.39 is 0 Å². The molecule has 1 aliphatic rings. The lowest BCUT2D eigenvalue weighted by molar-refractivity contribution is 0.0649. The van der Waals surface area contributed by atoms with Crippen LogP contribution in [0.4, 0.5) is 0 Å². The van der Waals surface area contributed by atoms with Gasteiger partial charge in [0.1, 0.15) is 5.82 Å². The van der Waals surface area contributed by atoms with Crippen LogP contribution in [0.1, 0.15) is 30.1 Å². The zero-order chi connectivity index (χ0) is 16.4. The van der Waals surface area contributed by atoms with Crippen molar-refractivity contribution in [3.05, 3.63) is 45.5 Å². The lowest BCUT2D eigenvalue weighted by Crippen LogP contribution is -2.38. The summed E-state index contributed by atoms with van der Waals surface area (Å²) in [6.45, 7) is 2.37. The van der Waals surface area contributed by atoms with Crippen molar-refractivity contribution >= 4 is 23.2 Å². The smallest absolute Gasteiger partial charge is 0.155 e. The van der Waals surface area contributed by atoms with Crippen LogP contribution in [0.5, 0.6) is 0 Å². The Kier molecular flexibility index (Phi) is 5.21. The van der Waals surface area contributed by atoms with Crippen molar-refractivity contribution in [2.24, 2.45) is 7.05 Å². The highest BCUT2D eigenvalue weighted by Crippen LogP contribution is 2.26. The Morgan fingerprint density at radius 3 is 2.74 bits per heavy atom. The predicted molar refractivity (Wildman–Crippen MR) is 90.8 cm³/mol. The van der Waals surface area contributed by atoms with Gasteiger partial charge in [-0.15, -0.1) is 0 Å². The number of hydrogen-bond acceptors (Lipinski definition) is 4. The maximum atomic E-state index is 9.77. The van der Waals surface area contributed by atoms with E-state index >= 15 is 0 Å². The van der Waals surface area contributed by atoms with Crippen LogP contribution in [0.3, 0.4) is 0 Å². The van der Waals surface area contributed by atoms with Crippen molar-refractivity contribution in [3.8, 4) is 0 Å². The predicted octanol–water partition coefficient (Wildman–Crippen LogP) is 2.67. The van der Waals surface area contributed by atoms with Gasteiger partial charge in [0, 0.05) is 30.1 Å². The maximum absolute atomic E-state index is 9.77. The molecule has 0 bridgehead atoms. The van der Waals surface area contributed by atoms with Gasteiger partial charge in [-0.2, -0.15) is 5.10 Å². The van der Waals surface area contributed by atoms with Crippen LogP contribution >= 0.6 is 23.2 Å². The normalized spacial score (nSPS) is 19.2. The zero-order valence-corrected chi connectivity index (χ0v) is 14.6. The van der Waals surface area contributed by atoms with Crippen LogP contribution in [0.15, 0.2) is 18.2 Å². The Labute approximate surface area is 145 Å². The van der Waals surface area contributed by atoms with Crippen LogP contribution < -0.4 is 0 Å². The first-order chi connectivity index (χ1) is 11.0. The van der Waals surface area contributed by atoms with Gasteiger partial charge in [0.25, 0.3) is 0 Å². The second-order valence-electron chi connectivity index (χ2n) is 5.98. The highest BCUT2D eigenvalue weighted by molar-refractivity contribution is 6.36. The summed E-state index contributed by atoms with van der Waals surface area (Å²) in [5.74, 6) is 1.59. The van der Waals surface area contributed by atoms with E-state index in [1.165, 1.54) is 0 Å². The molecule has 7 heteroatoms. The minimum absolute atomic E-state index is 0.238. The van der Waals surface area contributed by atoms with Gasteiger partial charge in [-0.05, 0) is 37.1 Å². The number of halogens is 2. The first-order valence-electron chi connectivity index (χ1n) is 7.75. The standard InChI is InChI=1S/C16H20Cl2N4O/c1-21-16(10-22-7-3-4-11(23)9-22)19-15(20-21)8-12-13(17)5-2-6-14(12)18/h2,5-6,11,23H,3-4,7-10H2,1H3. The minimum Gasteiger partial charge on any atom is -0.392 e. The Morgan fingerprint density at radius 1 is 1.30 bits per heavy atom. The van der Waals surface area contributed by atoms with Gasteiger partial charge in [-0.1, -0.05) is 29.3 Å². The largest absolute Gasteiger partial charge is 0.392 e. The summed E-state index contributed by atoms with van der Waals surface area (Å²) in [6, 6.07) is 5.47. The summed E-state index contributed by atoms with van der Waals surface area (Å²) >= 11 is 12.4. The van der Waals surface area contributed by atoms with Crippen LogP contribution in [0, 0.1) is 0 Å². The molecule has 5 nitrogen and oxygen atoms in total. The van der Waals surface area contributed by atoms with Crippen LogP contribution in [0.25, 0.3) is 0 Å². The number of aryl methyl sites for hydroxylation is 1. The van der Waals surface area contributed by atoms with E-state index in [-0.39, 0.29) is 6.10 Å². The molecule has 1 aromatic heterocycles. The lowest BCUT2D eigenvalue weighted by Gasteiger charge is -2.29. The number of aromatic nitrogens is 3. The van der Waals surface area contributed by atoms with Crippen molar-refractivity contribution in [1.82, 2.24) is 19.7 Å². The summed E-state index contributed by atoms with van der Waals surface area (Å²) in [5, 5.41) is 15.5. The number of benzene rings is 1. The Morgan fingerprint density at radius 2 is 2.04 bits per heavy atom. The first-order valence-corrected chi connectivity index (χ1v) is 8.50. The molecule has 0 spiro atoms. The molecular formula is C16H20Cl2N4O. The molecule has 1 saturated heterocycles. The van der Waals surface area contributed by atoms with Gasteiger partial charge < -0.3 is 5.11 Å². The quantitative estimate of drug-likeness (QED) is 0.916. The molecule has 1 atom stereocenters. The van der Waals surface area contributed by atoms with Crippen LogP contribution in [-0.4, -0.2) is 44.0 Å². The molecule has 2 heterocycles. The van der Waals surface area contributed by atoms with Crippen molar-refractivity contribution in [2.45, 2.75) is 31.9 Å². The Balaban J connectivity index is 1.73. The second-order valence-corrected chi connectivity index (χ2v) is 6.79. The summed E-state index contributed by atoms with van der Waals surface area (Å²) < 4.78 is 1.79. The number of likely N-dealkylation sites (tertiary alicyclic amines) is 1. The number of rotatable bonds is 4. The Hall–Kier alpha value is -1.14. The fourth-order valence-electron chi connectivity index (χ4n) is 2.92. The average Bonchev–Trinajstić information content (AvgIpc) is 2.83. The fourth-order valence-corrected chi connectivity index (χ4v) is 3.45. The van der Waals surface area contributed by atoms with Crippen LogP contribution in [0.2, 0.25) is 10.0 Å². The van der Waals surface area contributed by atoms with Gasteiger partial charge in [0.2, 0.25) is 0 Å². The van der Waals surface area contributed by atoms with E-state index in [1.54, 1.807) is 4.68 Å². The van der Waals surface area contributed by atoms with Gasteiger partial charge in [-0.25, -0.2) is 4.98 Å². The molecule has 1 aliphatic heterocycles. The van der Waals surface area contributed by atoms with Crippen molar-refractivity contribution in [1.29, 1.82) is 0 Å². The number of β-amino-alcohol motifs (C(OH)–C–C–N with tert-alkyl or cyclic N) is 1. The molecule has 0 amide bonds. The number of aliphatic hydroxyl groups excluding tert-OH is 1. The average molecular weight is 355 g/mol. The van der Waals surface area contributed by atoms with Crippen LogP contribution in [-0.2, 0) is 20.0 Å². The monoisotopic (exact) mass is 354 g/mol. The molecular weight excluding hydrogens is 335 g/mol. The molecule has 1 unspecified atom stereocenters. The topological polar surface area (TPSA) is 54.2 Å². The van der Waals surface area contributed by atoms with Gasteiger partial charge in [-0.3, -0.25) is 9.58 Å². The summed E-state index contributed by atoms with van der Waals surface area (Å²) in [6.07, 6.45) is 2.17.